The third kappa shape index (κ3) is 5.32. The molecule has 0 aliphatic rings. The second-order valence-electron chi connectivity index (χ2n) is 3.95. The van der Waals surface area contributed by atoms with E-state index >= 15 is 0 Å². The van der Waals surface area contributed by atoms with E-state index in [4.69, 9.17) is 4.74 Å². The summed E-state index contributed by atoms with van der Waals surface area (Å²) < 4.78 is 44.1. The molecule has 108 valence electrons. The Labute approximate surface area is 115 Å². The van der Waals surface area contributed by atoms with Crippen molar-refractivity contribution in [3.8, 4) is 5.75 Å². The number of alkyl halides is 3. The van der Waals surface area contributed by atoms with E-state index in [-0.39, 0.29) is 12.4 Å². The van der Waals surface area contributed by atoms with Crippen molar-refractivity contribution >= 4 is 11.8 Å². The average molecular weight is 293 g/mol. The lowest BCUT2D eigenvalue weighted by atomic mass is 10.1. The molecule has 0 radical (unpaired) electrons. The molecule has 1 aromatic carbocycles. The van der Waals surface area contributed by atoms with Crippen molar-refractivity contribution in [3.05, 3.63) is 29.3 Å². The van der Waals surface area contributed by atoms with Crippen LogP contribution in [-0.2, 0) is 12.7 Å². The standard InChI is InChI=1S/C13H18F3NOS/c1-3-17-9-10-4-5-12(18-6-7-19-2)11(8-10)13(14,15)16/h4-5,8,17H,3,6-7,9H2,1-2H3. The van der Waals surface area contributed by atoms with Gasteiger partial charge in [0.25, 0.3) is 0 Å². The van der Waals surface area contributed by atoms with Crippen molar-refractivity contribution in [2.24, 2.45) is 0 Å². The van der Waals surface area contributed by atoms with Gasteiger partial charge in [0.1, 0.15) is 5.75 Å². The van der Waals surface area contributed by atoms with Crippen LogP contribution in [0.25, 0.3) is 0 Å². The van der Waals surface area contributed by atoms with E-state index in [1.807, 2.05) is 13.2 Å². The number of hydrogen-bond acceptors (Lipinski definition) is 3. The molecule has 0 unspecified atom stereocenters. The van der Waals surface area contributed by atoms with Crippen LogP contribution in [0.3, 0.4) is 0 Å². The molecule has 0 heterocycles. The Kier molecular flexibility index (Phi) is 6.51. The summed E-state index contributed by atoms with van der Waals surface area (Å²) in [6, 6.07) is 4.21. The SMILES string of the molecule is CCNCc1ccc(OCCSC)c(C(F)(F)F)c1. The summed E-state index contributed by atoms with van der Waals surface area (Å²) in [5.41, 5.74) is -0.101. The Balaban J connectivity index is 2.90. The van der Waals surface area contributed by atoms with Crippen LogP contribution in [0.1, 0.15) is 18.1 Å². The van der Waals surface area contributed by atoms with Crippen LogP contribution in [0.2, 0.25) is 0 Å². The predicted octanol–water partition coefficient (Wildman–Crippen LogP) is 3.56. The van der Waals surface area contributed by atoms with Gasteiger partial charge >= 0.3 is 6.18 Å². The lowest BCUT2D eigenvalue weighted by Gasteiger charge is -2.15. The molecule has 0 fully saturated rings. The van der Waals surface area contributed by atoms with Crippen LogP contribution in [0.15, 0.2) is 18.2 Å². The Morgan fingerprint density at radius 2 is 2.05 bits per heavy atom. The molecule has 0 atom stereocenters. The molecule has 0 amide bonds. The highest BCUT2D eigenvalue weighted by Crippen LogP contribution is 2.36. The molecule has 1 aromatic rings. The molecular formula is C13H18F3NOS. The van der Waals surface area contributed by atoms with Gasteiger partial charge in [-0.05, 0) is 30.5 Å². The average Bonchev–Trinajstić information content (AvgIpc) is 2.36. The zero-order chi connectivity index (χ0) is 14.3. The predicted molar refractivity (Wildman–Crippen MR) is 72.7 cm³/mol. The Morgan fingerprint density at radius 1 is 1.32 bits per heavy atom. The van der Waals surface area contributed by atoms with Gasteiger partial charge < -0.3 is 10.1 Å². The van der Waals surface area contributed by atoms with Gasteiger partial charge in [-0.1, -0.05) is 13.0 Å². The van der Waals surface area contributed by atoms with E-state index in [1.54, 1.807) is 6.07 Å². The molecule has 0 bridgehead atoms. The van der Waals surface area contributed by atoms with Gasteiger partial charge in [0, 0.05) is 12.3 Å². The third-order valence-electron chi connectivity index (χ3n) is 2.47. The molecule has 1 N–H and O–H groups in total. The van der Waals surface area contributed by atoms with Crippen molar-refractivity contribution in [2.75, 3.05) is 25.2 Å². The van der Waals surface area contributed by atoms with Gasteiger partial charge in [0.15, 0.2) is 0 Å². The van der Waals surface area contributed by atoms with Crippen molar-refractivity contribution in [2.45, 2.75) is 19.6 Å². The van der Waals surface area contributed by atoms with E-state index in [0.717, 1.165) is 6.07 Å². The fraction of sp³-hybridized carbons (Fsp3) is 0.538. The van der Waals surface area contributed by atoms with Gasteiger partial charge in [-0.25, -0.2) is 0 Å². The van der Waals surface area contributed by atoms with Crippen molar-refractivity contribution in [1.29, 1.82) is 0 Å². The highest BCUT2D eigenvalue weighted by atomic mass is 32.2. The first-order chi connectivity index (χ1) is 8.99. The monoisotopic (exact) mass is 293 g/mol. The maximum Gasteiger partial charge on any atom is 0.419 e. The highest BCUT2D eigenvalue weighted by Gasteiger charge is 2.34. The minimum Gasteiger partial charge on any atom is -0.492 e. The van der Waals surface area contributed by atoms with Gasteiger partial charge in [0.05, 0.1) is 12.2 Å². The van der Waals surface area contributed by atoms with Gasteiger partial charge in [-0.3, -0.25) is 0 Å². The van der Waals surface area contributed by atoms with Crippen LogP contribution in [0, 0.1) is 0 Å². The number of rotatable bonds is 7. The quantitative estimate of drug-likeness (QED) is 0.777. The van der Waals surface area contributed by atoms with E-state index < -0.39 is 11.7 Å². The Morgan fingerprint density at radius 3 is 2.63 bits per heavy atom. The molecule has 0 aliphatic heterocycles. The maximum absolute atomic E-state index is 13.0. The summed E-state index contributed by atoms with van der Waals surface area (Å²) in [5.74, 6) is 0.568. The van der Waals surface area contributed by atoms with E-state index in [9.17, 15) is 13.2 Å². The van der Waals surface area contributed by atoms with Crippen molar-refractivity contribution < 1.29 is 17.9 Å². The first-order valence-corrected chi connectivity index (χ1v) is 7.41. The fourth-order valence-electron chi connectivity index (χ4n) is 1.54. The maximum atomic E-state index is 13.0. The second-order valence-corrected chi connectivity index (χ2v) is 4.94. The van der Waals surface area contributed by atoms with Crippen LogP contribution in [-0.4, -0.2) is 25.2 Å². The highest BCUT2D eigenvalue weighted by molar-refractivity contribution is 7.98. The number of hydrogen-bond donors (Lipinski definition) is 1. The Hall–Kier alpha value is -0.880. The third-order valence-corrected chi connectivity index (χ3v) is 3.05. The number of nitrogens with one attached hydrogen (secondary N) is 1. The minimum atomic E-state index is -4.39. The number of benzene rings is 1. The van der Waals surface area contributed by atoms with Crippen LogP contribution >= 0.6 is 11.8 Å². The minimum absolute atomic E-state index is 0.0956. The smallest absolute Gasteiger partial charge is 0.419 e. The Bertz CT molecular complexity index is 396. The van der Waals surface area contributed by atoms with E-state index in [0.29, 0.717) is 24.4 Å². The summed E-state index contributed by atoms with van der Waals surface area (Å²) in [6.45, 7) is 3.32. The largest absolute Gasteiger partial charge is 0.492 e. The van der Waals surface area contributed by atoms with Crippen LogP contribution in [0.5, 0.6) is 5.75 Å². The number of ether oxygens (including phenoxy) is 1. The van der Waals surface area contributed by atoms with Crippen molar-refractivity contribution in [1.82, 2.24) is 5.32 Å². The molecule has 0 saturated heterocycles. The number of thioether (sulfide) groups is 1. The van der Waals surface area contributed by atoms with E-state index in [1.165, 1.54) is 17.8 Å². The molecule has 0 saturated carbocycles. The fourth-order valence-corrected chi connectivity index (χ4v) is 1.79. The molecular weight excluding hydrogens is 275 g/mol. The summed E-state index contributed by atoms with van der Waals surface area (Å²) in [7, 11) is 0. The molecule has 2 nitrogen and oxygen atoms in total. The summed E-state index contributed by atoms with van der Waals surface area (Å²) in [6.07, 6.45) is -2.51. The number of halogens is 3. The summed E-state index contributed by atoms with van der Waals surface area (Å²) >= 11 is 1.53. The molecule has 0 aromatic heterocycles. The van der Waals surface area contributed by atoms with Crippen LogP contribution in [0.4, 0.5) is 13.2 Å². The normalized spacial score (nSPS) is 11.6. The van der Waals surface area contributed by atoms with Crippen LogP contribution < -0.4 is 10.1 Å². The zero-order valence-corrected chi connectivity index (χ0v) is 11.8. The molecule has 0 aliphatic carbocycles. The van der Waals surface area contributed by atoms with Gasteiger partial charge in [-0.2, -0.15) is 24.9 Å². The summed E-state index contributed by atoms with van der Waals surface area (Å²) in [4.78, 5) is 0. The molecule has 19 heavy (non-hydrogen) atoms. The van der Waals surface area contributed by atoms with Gasteiger partial charge in [-0.15, -0.1) is 0 Å². The lowest BCUT2D eigenvalue weighted by Crippen LogP contribution is -2.14. The first kappa shape index (κ1) is 16.2. The summed E-state index contributed by atoms with van der Waals surface area (Å²) in [5, 5.41) is 3.00. The second kappa shape index (κ2) is 7.65. The molecule has 0 spiro atoms. The van der Waals surface area contributed by atoms with Gasteiger partial charge in [0.2, 0.25) is 0 Å². The lowest BCUT2D eigenvalue weighted by molar-refractivity contribution is -0.138. The topological polar surface area (TPSA) is 21.3 Å². The zero-order valence-electron chi connectivity index (χ0n) is 11.0. The molecule has 6 heteroatoms. The molecule has 1 rings (SSSR count). The van der Waals surface area contributed by atoms with Crippen molar-refractivity contribution in [3.63, 3.8) is 0 Å². The van der Waals surface area contributed by atoms with E-state index in [2.05, 4.69) is 5.32 Å². The first-order valence-electron chi connectivity index (χ1n) is 6.01.